The molecule has 0 bridgehead atoms. The lowest BCUT2D eigenvalue weighted by Crippen LogP contribution is -2.15. The summed E-state index contributed by atoms with van der Waals surface area (Å²) in [6.45, 7) is 4.47. The van der Waals surface area contributed by atoms with E-state index in [0.29, 0.717) is 17.0 Å². The first-order chi connectivity index (χ1) is 10.1. The Bertz CT molecular complexity index is 738. The minimum atomic E-state index is 0.297. The molecule has 0 saturated carbocycles. The minimum Gasteiger partial charge on any atom is -0.377 e. The fourth-order valence-electron chi connectivity index (χ4n) is 2.45. The molecule has 0 amide bonds. The number of pyridine rings is 1. The van der Waals surface area contributed by atoms with Gasteiger partial charge in [0.05, 0.1) is 11.6 Å². The van der Waals surface area contributed by atoms with E-state index >= 15 is 0 Å². The monoisotopic (exact) mass is 316 g/mol. The largest absolute Gasteiger partial charge is 0.377 e. The summed E-state index contributed by atoms with van der Waals surface area (Å²) in [5.74, 6) is 0.499. The molecular weight excluding hydrogens is 300 g/mol. The van der Waals surface area contributed by atoms with Crippen molar-refractivity contribution >= 4 is 39.5 Å². The van der Waals surface area contributed by atoms with Crippen molar-refractivity contribution in [1.29, 1.82) is 0 Å². The van der Waals surface area contributed by atoms with Crippen LogP contribution in [0.25, 0.3) is 10.9 Å². The van der Waals surface area contributed by atoms with Crippen molar-refractivity contribution < 1.29 is 0 Å². The number of rotatable bonds is 4. The van der Waals surface area contributed by atoms with E-state index in [2.05, 4.69) is 41.7 Å². The molecule has 1 atom stereocenters. The number of aromatic nitrogens is 1. The molecule has 0 aliphatic heterocycles. The van der Waals surface area contributed by atoms with Crippen LogP contribution in [0.15, 0.2) is 48.0 Å². The molecular formula is C17H17ClN2S. The van der Waals surface area contributed by atoms with Gasteiger partial charge in [0, 0.05) is 27.2 Å². The van der Waals surface area contributed by atoms with Gasteiger partial charge in [-0.15, -0.1) is 11.3 Å². The third kappa shape index (κ3) is 3.04. The Labute approximate surface area is 133 Å². The number of anilines is 1. The second kappa shape index (κ2) is 6.04. The van der Waals surface area contributed by atoms with Crippen LogP contribution in [0.2, 0.25) is 5.02 Å². The number of hydrogen-bond acceptors (Lipinski definition) is 3. The third-order valence-corrected chi connectivity index (χ3v) is 4.72. The average Bonchev–Trinajstić information content (AvgIpc) is 2.97. The molecule has 21 heavy (non-hydrogen) atoms. The van der Waals surface area contributed by atoms with E-state index in [0.717, 1.165) is 16.6 Å². The van der Waals surface area contributed by atoms with Gasteiger partial charge in [-0.25, -0.2) is 0 Å². The highest BCUT2D eigenvalue weighted by atomic mass is 35.5. The molecule has 3 rings (SSSR count). The third-order valence-electron chi connectivity index (χ3n) is 3.53. The molecule has 2 nitrogen and oxygen atoms in total. The fraction of sp³-hybridized carbons (Fsp3) is 0.235. The molecule has 108 valence electrons. The first-order valence-corrected chi connectivity index (χ1v) is 8.25. The molecule has 3 aromatic rings. The van der Waals surface area contributed by atoms with Crippen LogP contribution < -0.4 is 5.32 Å². The standard InChI is InChI=1S/C17H17ClN2S/c1-11(2)17(16-4-3-9-21-16)20-14-7-8-19-15-10-12(18)5-6-13(14)15/h3-11,17H,1-2H3,(H,19,20). The summed E-state index contributed by atoms with van der Waals surface area (Å²) in [5, 5.41) is 7.61. The lowest BCUT2D eigenvalue weighted by atomic mass is 10.0. The number of benzene rings is 1. The van der Waals surface area contributed by atoms with Gasteiger partial charge in [0.1, 0.15) is 0 Å². The first kappa shape index (κ1) is 14.4. The van der Waals surface area contributed by atoms with Crippen molar-refractivity contribution in [3.63, 3.8) is 0 Å². The second-order valence-electron chi connectivity index (χ2n) is 5.40. The van der Waals surface area contributed by atoms with Crippen LogP contribution in [-0.2, 0) is 0 Å². The number of fused-ring (bicyclic) bond motifs is 1. The summed E-state index contributed by atoms with van der Waals surface area (Å²) in [6, 6.07) is 12.4. The van der Waals surface area contributed by atoms with E-state index in [1.54, 1.807) is 11.3 Å². The van der Waals surface area contributed by atoms with Crippen molar-refractivity contribution in [1.82, 2.24) is 4.98 Å². The predicted octanol–water partition coefficient (Wildman–Crippen LogP) is 5.76. The van der Waals surface area contributed by atoms with Gasteiger partial charge in [-0.1, -0.05) is 31.5 Å². The molecule has 1 N–H and O–H groups in total. The normalized spacial score (nSPS) is 12.8. The summed E-state index contributed by atoms with van der Waals surface area (Å²) >= 11 is 7.84. The van der Waals surface area contributed by atoms with Crippen molar-refractivity contribution in [2.75, 3.05) is 5.32 Å². The van der Waals surface area contributed by atoms with Crippen LogP contribution in [0.3, 0.4) is 0 Å². The SMILES string of the molecule is CC(C)C(Nc1ccnc2cc(Cl)ccc12)c1cccs1. The van der Waals surface area contributed by atoms with Gasteiger partial charge in [-0.05, 0) is 41.6 Å². The molecule has 2 heterocycles. The lowest BCUT2D eigenvalue weighted by Gasteiger charge is -2.23. The lowest BCUT2D eigenvalue weighted by molar-refractivity contribution is 0.554. The maximum atomic E-state index is 6.05. The van der Waals surface area contributed by atoms with Gasteiger partial charge in [0.25, 0.3) is 0 Å². The van der Waals surface area contributed by atoms with Crippen LogP contribution in [0.1, 0.15) is 24.8 Å². The van der Waals surface area contributed by atoms with E-state index in [1.165, 1.54) is 4.88 Å². The average molecular weight is 317 g/mol. The molecule has 0 aliphatic carbocycles. The van der Waals surface area contributed by atoms with Crippen molar-refractivity contribution in [3.05, 3.63) is 57.9 Å². The highest BCUT2D eigenvalue weighted by Crippen LogP contribution is 2.32. The zero-order valence-electron chi connectivity index (χ0n) is 12.0. The minimum absolute atomic E-state index is 0.297. The molecule has 1 aromatic carbocycles. The van der Waals surface area contributed by atoms with Crippen LogP contribution in [-0.4, -0.2) is 4.98 Å². The number of hydrogen-bond donors (Lipinski definition) is 1. The predicted molar refractivity (Wildman–Crippen MR) is 92.3 cm³/mol. The quantitative estimate of drug-likeness (QED) is 0.662. The van der Waals surface area contributed by atoms with Crippen LogP contribution in [0, 0.1) is 5.92 Å². The zero-order chi connectivity index (χ0) is 14.8. The summed E-state index contributed by atoms with van der Waals surface area (Å²) in [7, 11) is 0. The van der Waals surface area contributed by atoms with Gasteiger partial charge < -0.3 is 5.32 Å². The number of halogens is 1. The molecule has 0 radical (unpaired) electrons. The molecule has 0 spiro atoms. The maximum absolute atomic E-state index is 6.05. The van der Waals surface area contributed by atoms with Crippen molar-refractivity contribution in [2.45, 2.75) is 19.9 Å². The Hall–Kier alpha value is -1.58. The molecule has 0 fully saturated rings. The summed E-state index contributed by atoms with van der Waals surface area (Å²) in [6.07, 6.45) is 1.83. The van der Waals surface area contributed by atoms with E-state index in [9.17, 15) is 0 Å². The van der Waals surface area contributed by atoms with Gasteiger partial charge in [-0.2, -0.15) is 0 Å². The summed E-state index contributed by atoms with van der Waals surface area (Å²) < 4.78 is 0. The highest BCUT2D eigenvalue weighted by molar-refractivity contribution is 7.10. The highest BCUT2D eigenvalue weighted by Gasteiger charge is 2.17. The Balaban J connectivity index is 2.00. The zero-order valence-corrected chi connectivity index (χ0v) is 13.6. The van der Waals surface area contributed by atoms with E-state index in [1.807, 2.05) is 30.5 Å². The van der Waals surface area contributed by atoms with E-state index < -0.39 is 0 Å². The van der Waals surface area contributed by atoms with Crippen molar-refractivity contribution in [2.24, 2.45) is 5.92 Å². The molecule has 0 aliphatic rings. The van der Waals surface area contributed by atoms with Gasteiger partial charge in [0.15, 0.2) is 0 Å². The maximum Gasteiger partial charge on any atom is 0.0737 e. The Kier molecular flexibility index (Phi) is 4.13. The number of thiophene rings is 1. The van der Waals surface area contributed by atoms with Crippen LogP contribution in [0.4, 0.5) is 5.69 Å². The molecule has 4 heteroatoms. The first-order valence-electron chi connectivity index (χ1n) is 6.99. The Morgan fingerprint density at radius 1 is 1.19 bits per heavy atom. The second-order valence-corrected chi connectivity index (χ2v) is 6.82. The Morgan fingerprint density at radius 3 is 2.76 bits per heavy atom. The fourth-order valence-corrected chi connectivity index (χ4v) is 3.56. The topological polar surface area (TPSA) is 24.9 Å². The van der Waals surface area contributed by atoms with Gasteiger partial charge >= 0.3 is 0 Å². The van der Waals surface area contributed by atoms with Gasteiger partial charge in [0.2, 0.25) is 0 Å². The molecule has 2 aromatic heterocycles. The van der Waals surface area contributed by atoms with Crippen molar-refractivity contribution in [3.8, 4) is 0 Å². The molecule has 1 unspecified atom stereocenters. The van der Waals surface area contributed by atoms with Crippen LogP contribution in [0.5, 0.6) is 0 Å². The Morgan fingerprint density at radius 2 is 2.05 bits per heavy atom. The van der Waals surface area contributed by atoms with E-state index in [4.69, 9.17) is 11.6 Å². The molecule has 0 saturated heterocycles. The summed E-state index contributed by atoms with van der Waals surface area (Å²) in [4.78, 5) is 5.75. The number of nitrogens with one attached hydrogen (secondary N) is 1. The van der Waals surface area contributed by atoms with Crippen LogP contribution >= 0.6 is 22.9 Å². The number of nitrogens with zero attached hydrogens (tertiary/aromatic N) is 1. The van der Waals surface area contributed by atoms with Gasteiger partial charge in [-0.3, -0.25) is 4.98 Å². The van der Waals surface area contributed by atoms with E-state index in [-0.39, 0.29) is 0 Å². The summed E-state index contributed by atoms with van der Waals surface area (Å²) in [5.41, 5.74) is 2.02. The smallest absolute Gasteiger partial charge is 0.0737 e.